The van der Waals surface area contributed by atoms with Gasteiger partial charge in [0.1, 0.15) is 5.75 Å². The Morgan fingerprint density at radius 1 is 0.838 bits per heavy atom. The Balaban J connectivity index is 1.42. The van der Waals surface area contributed by atoms with E-state index in [0.29, 0.717) is 23.1 Å². The zero-order valence-corrected chi connectivity index (χ0v) is 21.6. The summed E-state index contributed by atoms with van der Waals surface area (Å²) in [4.78, 5) is 12.1. The monoisotopic (exact) mass is 498 g/mol. The van der Waals surface area contributed by atoms with Crippen LogP contribution in [0.5, 0.6) is 5.75 Å². The second-order valence-corrected chi connectivity index (χ2v) is 11.9. The van der Waals surface area contributed by atoms with Gasteiger partial charge in [-0.2, -0.15) is 0 Å². The van der Waals surface area contributed by atoms with Gasteiger partial charge in [-0.1, -0.05) is 42.8 Å². The van der Waals surface area contributed by atoms with Gasteiger partial charge in [-0.05, 0) is 116 Å². The number of unbranched alkanes of at least 4 members (excludes halogenated alkanes) is 3. The van der Waals surface area contributed by atoms with Crippen molar-refractivity contribution in [2.75, 3.05) is 13.2 Å². The standard InChI is InChI=1S/C33H38O4/c34-13-5-1-2-6-14-37-31-28(27-7-3-4-8-29(27)32(35)36)12-10-25-9-11-26(18-30(25)31)33-19-22-15-23(20-33)17-24(16-22)21-33/h3-4,7-12,18,22-24,34H,1-2,5-6,13-17,19-21H2,(H,35,36). The van der Waals surface area contributed by atoms with Gasteiger partial charge in [-0.15, -0.1) is 0 Å². The molecule has 2 N–H and O–H groups in total. The molecule has 0 heterocycles. The van der Waals surface area contributed by atoms with Gasteiger partial charge in [0.2, 0.25) is 0 Å². The minimum Gasteiger partial charge on any atom is -0.492 e. The molecule has 37 heavy (non-hydrogen) atoms. The van der Waals surface area contributed by atoms with E-state index in [-0.39, 0.29) is 6.61 Å². The number of ether oxygens (including phenoxy) is 1. The predicted octanol–water partition coefficient (Wildman–Crippen LogP) is 7.60. The van der Waals surface area contributed by atoms with Gasteiger partial charge >= 0.3 is 5.97 Å². The van der Waals surface area contributed by atoms with Crippen molar-refractivity contribution >= 4 is 16.7 Å². The average molecular weight is 499 g/mol. The lowest BCUT2D eigenvalue weighted by molar-refractivity contribution is -0.00513. The van der Waals surface area contributed by atoms with Crippen LogP contribution in [0.2, 0.25) is 0 Å². The lowest BCUT2D eigenvalue weighted by Crippen LogP contribution is -2.48. The second-order valence-electron chi connectivity index (χ2n) is 11.9. The number of rotatable bonds is 10. The quantitative estimate of drug-likeness (QED) is 0.282. The molecule has 4 saturated carbocycles. The third kappa shape index (κ3) is 4.65. The number of aromatic carboxylic acids is 1. The number of carbonyl (C=O) groups is 1. The maximum absolute atomic E-state index is 12.1. The fourth-order valence-corrected chi connectivity index (χ4v) is 8.10. The molecule has 0 spiro atoms. The second kappa shape index (κ2) is 10.1. The van der Waals surface area contributed by atoms with E-state index in [4.69, 9.17) is 9.84 Å². The molecule has 7 rings (SSSR count). The topological polar surface area (TPSA) is 66.8 Å². The van der Waals surface area contributed by atoms with E-state index < -0.39 is 5.97 Å². The minimum absolute atomic E-state index is 0.230. The van der Waals surface area contributed by atoms with Gasteiger partial charge in [0.25, 0.3) is 0 Å². The highest BCUT2D eigenvalue weighted by Crippen LogP contribution is 2.61. The summed E-state index contributed by atoms with van der Waals surface area (Å²) in [5.74, 6) is 2.52. The number of aliphatic hydroxyl groups excluding tert-OH is 1. The summed E-state index contributed by atoms with van der Waals surface area (Å²) in [6, 6.07) is 18.4. The minimum atomic E-state index is -0.923. The molecule has 3 aromatic rings. The normalized spacial score (nSPS) is 26.0. The molecule has 0 unspecified atom stereocenters. The van der Waals surface area contributed by atoms with Crippen molar-refractivity contribution in [2.45, 2.75) is 69.6 Å². The molecule has 0 amide bonds. The lowest BCUT2D eigenvalue weighted by atomic mass is 9.48. The number of hydrogen-bond donors (Lipinski definition) is 2. The largest absolute Gasteiger partial charge is 0.492 e. The van der Waals surface area contributed by atoms with Crippen LogP contribution in [0.15, 0.2) is 54.6 Å². The smallest absolute Gasteiger partial charge is 0.336 e. The molecule has 0 atom stereocenters. The molecule has 0 aliphatic heterocycles. The van der Waals surface area contributed by atoms with Crippen molar-refractivity contribution in [3.05, 3.63) is 65.7 Å². The number of carboxylic acids is 1. The first-order valence-corrected chi connectivity index (χ1v) is 14.2. The maximum atomic E-state index is 12.1. The summed E-state index contributed by atoms with van der Waals surface area (Å²) in [5, 5.41) is 21.2. The molecule has 4 heteroatoms. The Morgan fingerprint density at radius 2 is 1.51 bits per heavy atom. The van der Waals surface area contributed by atoms with Gasteiger partial charge in [-0.25, -0.2) is 4.79 Å². The fraction of sp³-hybridized carbons (Fsp3) is 0.485. The van der Waals surface area contributed by atoms with E-state index in [2.05, 4.69) is 24.3 Å². The SMILES string of the molecule is O=C(O)c1ccccc1-c1ccc2ccc(C34CC5CC(CC(C5)C3)C4)cc2c1OCCCCCCO. The zero-order valence-electron chi connectivity index (χ0n) is 21.6. The third-order valence-corrected chi connectivity index (χ3v) is 9.37. The van der Waals surface area contributed by atoms with Crippen molar-refractivity contribution in [2.24, 2.45) is 17.8 Å². The van der Waals surface area contributed by atoms with Crippen molar-refractivity contribution in [3.63, 3.8) is 0 Å². The van der Waals surface area contributed by atoms with Gasteiger partial charge in [0.05, 0.1) is 12.2 Å². The molecule has 4 aliphatic rings. The Kier molecular flexibility index (Phi) is 6.71. The molecular weight excluding hydrogens is 460 g/mol. The van der Waals surface area contributed by atoms with E-state index in [9.17, 15) is 9.90 Å². The fourth-order valence-electron chi connectivity index (χ4n) is 8.10. The number of benzene rings is 3. The van der Waals surface area contributed by atoms with E-state index in [1.807, 2.05) is 18.2 Å². The highest BCUT2D eigenvalue weighted by Gasteiger charge is 2.51. The summed E-state index contributed by atoms with van der Waals surface area (Å²) in [6.45, 7) is 0.807. The Bertz CT molecular complexity index is 1260. The van der Waals surface area contributed by atoms with Crippen LogP contribution < -0.4 is 4.74 Å². The summed E-state index contributed by atoms with van der Waals surface area (Å²) < 4.78 is 6.54. The first-order chi connectivity index (χ1) is 18.1. The van der Waals surface area contributed by atoms with Gasteiger partial charge < -0.3 is 14.9 Å². The van der Waals surface area contributed by atoms with Crippen LogP contribution in [0, 0.1) is 17.8 Å². The van der Waals surface area contributed by atoms with Crippen LogP contribution in [-0.4, -0.2) is 29.4 Å². The summed E-state index contributed by atoms with van der Waals surface area (Å²) in [7, 11) is 0. The molecule has 3 aromatic carbocycles. The number of carboxylic acid groups (broad SMARTS) is 1. The maximum Gasteiger partial charge on any atom is 0.336 e. The molecule has 0 saturated heterocycles. The van der Waals surface area contributed by atoms with E-state index in [1.54, 1.807) is 12.1 Å². The van der Waals surface area contributed by atoms with Gasteiger partial charge in [-0.3, -0.25) is 0 Å². The van der Waals surface area contributed by atoms with Crippen LogP contribution in [0.1, 0.15) is 80.1 Å². The van der Waals surface area contributed by atoms with E-state index >= 15 is 0 Å². The third-order valence-electron chi connectivity index (χ3n) is 9.37. The lowest BCUT2D eigenvalue weighted by Gasteiger charge is -2.57. The predicted molar refractivity (Wildman–Crippen MR) is 147 cm³/mol. The average Bonchev–Trinajstić information content (AvgIpc) is 2.89. The Hall–Kier alpha value is -2.85. The van der Waals surface area contributed by atoms with Gasteiger partial charge in [0.15, 0.2) is 0 Å². The summed E-state index contributed by atoms with van der Waals surface area (Å²) in [6.07, 6.45) is 11.9. The number of fused-ring (bicyclic) bond motifs is 1. The van der Waals surface area contributed by atoms with Crippen LogP contribution in [0.3, 0.4) is 0 Å². The van der Waals surface area contributed by atoms with Crippen molar-refractivity contribution in [1.82, 2.24) is 0 Å². The molecule has 194 valence electrons. The van der Waals surface area contributed by atoms with Crippen molar-refractivity contribution < 1.29 is 19.7 Å². The first-order valence-electron chi connectivity index (χ1n) is 14.2. The number of hydrogen-bond acceptors (Lipinski definition) is 3. The molecule has 4 fully saturated rings. The first kappa shape index (κ1) is 24.5. The molecule has 4 nitrogen and oxygen atoms in total. The molecule has 4 aliphatic carbocycles. The van der Waals surface area contributed by atoms with Crippen molar-refractivity contribution in [1.29, 1.82) is 0 Å². The van der Waals surface area contributed by atoms with E-state index in [1.165, 1.54) is 44.1 Å². The highest BCUT2D eigenvalue weighted by atomic mass is 16.5. The molecule has 0 radical (unpaired) electrons. The van der Waals surface area contributed by atoms with Crippen LogP contribution in [0.4, 0.5) is 0 Å². The van der Waals surface area contributed by atoms with Gasteiger partial charge in [0, 0.05) is 17.6 Å². The Morgan fingerprint density at radius 3 is 2.22 bits per heavy atom. The summed E-state index contributed by atoms with van der Waals surface area (Å²) >= 11 is 0. The zero-order chi connectivity index (χ0) is 25.4. The number of aliphatic hydroxyl groups is 1. The molecule has 4 bridgehead atoms. The van der Waals surface area contributed by atoms with Crippen LogP contribution >= 0.6 is 0 Å². The van der Waals surface area contributed by atoms with Crippen molar-refractivity contribution in [3.8, 4) is 16.9 Å². The van der Waals surface area contributed by atoms with Crippen LogP contribution in [0.25, 0.3) is 21.9 Å². The van der Waals surface area contributed by atoms with E-state index in [0.717, 1.165) is 65.5 Å². The van der Waals surface area contributed by atoms with Crippen LogP contribution in [-0.2, 0) is 5.41 Å². The summed E-state index contributed by atoms with van der Waals surface area (Å²) in [5.41, 5.74) is 3.60. The molecular formula is C33H38O4. The molecule has 0 aromatic heterocycles. The Labute approximate surface area is 219 Å². The highest BCUT2D eigenvalue weighted by molar-refractivity contribution is 6.01.